The van der Waals surface area contributed by atoms with E-state index in [1.807, 2.05) is 30.5 Å². The fourth-order valence-corrected chi connectivity index (χ4v) is 5.65. The Hall–Kier alpha value is -3.47. The molecule has 3 heterocycles. The van der Waals surface area contributed by atoms with Crippen LogP contribution in [0.5, 0.6) is 0 Å². The molecule has 1 amide bonds. The Labute approximate surface area is 214 Å². The lowest BCUT2D eigenvalue weighted by atomic mass is 10.2. The standard InChI is InChI=1S/C25H25ClN6O3S/c26-20-1-6-23-19(17-20)8-11-31(23)12-9-25(33)32-15-13-30(14-16-32)21-2-4-22(5-3-21)36(34,35)29-24-7-10-27-18-28-24/h1-8,10-11,17-18H,9,12-16H2,(H,27,28,29)/p+1. The summed E-state index contributed by atoms with van der Waals surface area (Å²) in [7, 11) is -3.74. The summed E-state index contributed by atoms with van der Waals surface area (Å²) in [6.07, 6.45) is 5.22. The van der Waals surface area contributed by atoms with E-state index in [4.69, 9.17) is 11.6 Å². The highest BCUT2D eigenvalue weighted by atomic mass is 35.5. The summed E-state index contributed by atoms with van der Waals surface area (Å²) in [6.45, 7) is 3.48. The topological polar surface area (TPSA) is 102 Å². The summed E-state index contributed by atoms with van der Waals surface area (Å²) in [5.74, 6) is 0.426. The van der Waals surface area contributed by atoms with E-state index in [9.17, 15) is 13.2 Å². The van der Waals surface area contributed by atoms with Crippen molar-refractivity contribution in [1.29, 1.82) is 0 Å². The first-order valence-corrected chi connectivity index (χ1v) is 13.5. The van der Waals surface area contributed by atoms with Crippen molar-refractivity contribution in [3.63, 3.8) is 0 Å². The number of quaternary nitrogens is 1. The van der Waals surface area contributed by atoms with Crippen molar-refractivity contribution in [2.24, 2.45) is 0 Å². The molecule has 11 heteroatoms. The lowest BCUT2D eigenvalue weighted by Crippen LogP contribution is -3.17. The molecule has 5 rings (SSSR count). The minimum Gasteiger partial charge on any atom is -0.360 e. The first-order valence-electron chi connectivity index (χ1n) is 11.7. The van der Waals surface area contributed by atoms with Gasteiger partial charge in [-0.2, -0.15) is 0 Å². The van der Waals surface area contributed by atoms with Crippen LogP contribution in [0.3, 0.4) is 0 Å². The first-order chi connectivity index (χ1) is 17.4. The van der Waals surface area contributed by atoms with Gasteiger partial charge in [0.25, 0.3) is 10.0 Å². The number of anilines is 2. The minimum atomic E-state index is -3.74. The highest BCUT2D eigenvalue weighted by molar-refractivity contribution is 7.92. The van der Waals surface area contributed by atoms with Crippen molar-refractivity contribution in [3.05, 3.63) is 78.3 Å². The summed E-state index contributed by atoms with van der Waals surface area (Å²) in [4.78, 5) is 23.8. The van der Waals surface area contributed by atoms with Crippen LogP contribution in [-0.2, 0) is 21.4 Å². The van der Waals surface area contributed by atoms with E-state index < -0.39 is 10.0 Å². The maximum atomic E-state index is 12.9. The molecule has 0 spiro atoms. The molecule has 1 aliphatic rings. The normalized spacial score (nSPS) is 14.8. The number of amides is 1. The average Bonchev–Trinajstić information content (AvgIpc) is 3.29. The lowest BCUT2D eigenvalue weighted by Gasteiger charge is -2.32. The van der Waals surface area contributed by atoms with E-state index in [-0.39, 0.29) is 16.6 Å². The van der Waals surface area contributed by atoms with E-state index in [0.29, 0.717) is 31.1 Å². The number of rotatable bonds is 7. The number of piperazine rings is 1. The lowest BCUT2D eigenvalue weighted by molar-refractivity contribution is -0.821. The molecular formula is C25H26ClN6O3S+. The number of benzene rings is 2. The van der Waals surface area contributed by atoms with Gasteiger partial charge in [0, 0.05) is 40.6 Å². The van der Waals surface area contributed by atoms with Gasteiger partial charge in [-0.3, -0.25) is 9.62 Å². The van der Waals surface area contributed by atoms with Crippen molar-refractivity contribution in [2.45, 2.75) is 17.9 Å². The van der Waals surface area contributed by atoms with Crippen LogP contribution in [0.1, 0.15) is 6.42 Å². The summed E-state index contributed by atoms with van der Waals surface area (Å²) in [5, 5.41) is 1.77. The molecule has 2 aromatic carbocycles. The Morgan fingerprint density at radius 2 is 1.83 bits per heavy atom. The zero-order valence-electron chi connectivity index (χ0n) is 19.5. The van der Waals surface area contributed by atoms with Crippen molar-refractivity contribution < 1.29 is 18.1 Å². The molecule has 2 N–H and O–H groups in total. The van der Waals surface area contributed by atoms with Crippen molar-refractivity contribution in [1.82, 2.24) is 14.5 Å². The van der Waals surface area contributed by atoms with Gasteiger partial charge < -0.3 is 9.47 Å². The highest BCUT2D eigenvalue weighted by Crippen LogP contribution is 2.21. The van der Waals surface area contributed by atoms with Gasteiger partial charge >= 0.3 is 5.91 Å². The number of carbonyl (C=O) groups excluding carboxylic acids is 1. The monoisotopic (exact) mass is 525 g/mol. The number of sulfonamides is 1. The predicted octanol–water partition coefficient (Wildman–Crippen LogP) is 2.21. The van der Waals surface area contributed by atoms with Gasteiger partial charge in [0.1, 0.15) is 25.2 Å². The third-order valence-corrected chi connectivity index (χ3v) is 8.01. The van der Waals surface area contributed by atoms with E-state index in [1.165, 1.54) is 18.6 Å². The van der Waals surface area contributed by atoms with E-state index >= 15 is 0 Å². The number of nitrogens with zero attached hydrogens (tertiary/aromatic N) is 4. The maximum absolute atomic E-state index is 12.9. The van der Waals surface area contributed by atoms with Crippen molar-refractivity contribution in [2.75, 3.05) is 35.8 Å². The smallest absolute Gasteiger partial charge is 0.313 e. The molecule has 36 heavy (non-hydrogen) atoms. The molecular weight excluding hydrogens is 500 g/mol. The van der Waals surface area contributed by atoms with Crippen LogP contribution in [0.25, 0.3) is 10.9 Å². The number of nitrogens with one attached hydrogen (secondary N) is 2. The quantitative estimate of drug-likeness (QED) is 0.383. The van der Waals surface area contributed by atoms with E-state index in [2.05, 4.69) is 24.2 Å². The number of aromatic nitrogens is 3. The third kappa shape index (κ3) is 5.35. The maximum Gasteiger partial charge on any atom is 0.313 e. The Bertz CT molecular complexity index is 1470. The molecule has 0 atom stereocenters. The molecule has 0 saturated carbocycles. The van der Waals surface area contributed by atoms with Gasteiger partial charge in [-0.15, -0.1) is 0 Å². The van der Waals surface area contributed by atoms with Crippen molar-refractivity contribution in [3.8, 4) is 0 Å². The van der Waals surface area contributed by atoms with Crippen LogP contribution in [0, 0.1) is 0 Å². The van der Waals surface area contributed by atoms with Crippen molar-refractivity contribution >= 4 is 49.9 Å². The number of halogens is 1. The number of carbonyl (C=O) groups is 1. The van der Waals surface area contributed by atoms with Gasteiger partial charge in [-0.05, 0) is 54.6 Å². The molecule has 0 bridgehead atoms. The number of fused-ring (bicyclic) bond motifs is 1. The van der Waals surface area contributed by atoms with Crippen LogP contribution in [0.15, 0.2) is 78.2 Å². The average molecular weight is 526 g/mol. The third-order valence-electron chi connectivity index (χ3n) is 6.41. The van der Waals surface area contributed by atoms with E-state index in [0.717, 1.165) is 34.6 Å². The summed E-state index contributed by atoms with van der Waals surface area (Å²) in [5.41, 5.74) is 2.00. The molecule has 0 radical (unpaired) electrons. The van der Waals surface area contributed by atoms with Gasteiger partial charge in [0.05, 0.1) is 24.4 Å². The second-order valence-corrected chi connectivity index (χ2v) is 10.8. The second kappa shape index (κ2) is 10.3. The Morgan fingerprint density at radius 3 is 2.56 bits per heavy atom. The summed E-state index contributed by atoms with van der Waals surface area (Å²) >= 11 is 6.07. The minimum absolute atomic E-state index is 0.157. The Morgan fingerprint density at radius 1 is 1.06 bits per heavy atom. The molecule has 4 aromatic rings. The summed E-state index contributed by atoms with van der Waals surface area (Å²) < 4.78 is 29.8. The second-order valence-electron chi connectivity index (χ2n) is 8.67. The molecule has 1 aliphatic heterocycles. The predicted molar refractivity (Wildman–Crippen MR) is 139 cm³/mol. The fourth-order valence-electron chi connectivity index (χ4n) is 4.46. The molecule has 1 saturated heterocycles. The number of hydrogen-bond acceptors (Lipinski definition) is 6. The van der Waals surface area contributed by atoms with Crippen LogP contribution in [-0.4, -0.2) is 55.0 Å². The zero-order valence-corrected chi connectivity index (χ0v) is 21.0. The largest absolute Gasteiger partial charge is 0.360 e. The molecule has 0 unspecified atom stereocenters. The van der Waals surface area contributed by atoms with Gasteiger partial charge in [-0.25, -0.2) is 23.2 Å². The van der Waals surface area contributed by atoms with Crippen LogP contribution in [0.2, 0.25) is 5.02 Å². The number of hydrogen-bond donors (Lipinski definition) is 2. The first kappa shape index (κ1) is 24.2. The van der Waals surface area contributed by atoms with Gasteiger partial charge in [-0.1, -0.05) is 11.6 Å². The molecule has 1 fully saturated rings. The highest BCUT2D eigenvalue weighted by Gasteiger charge is 2.26. The SMILES string of the molecule is O=C(CCn1ccc2cc(Cl)ccc21)[NH+]1CCN(c2ccc(S(=O)(=O)Nc3ccncn3)cc2)CC1. The molecule has 0 aliphatic carbocycles. The fraction of sp³-hybridized carbons (Fsp3) is 0.240. The van der Waals surface area contributed by atoms with Crippen LogP contribution >= 0.6 is 11.6 Å². The molecule has 9 nitrogen and oxygen atoms in total. The zero-order chi connectivity index (χ0) is 25.1. The molecule has 2 aromatic heterocycles. The van der Waals surface area contributed by atoms with Gasteiger partial charge in [0.15, 0.2) is 0 Å². The van der Waals surface area contributed by atoms with E-state index in [1.54, 1.807) is 24.3 Å². The molecule has 186 valence electrons. The van der Waals surface area contributed by atoms with Crippen LogP contribution in [0.4, 0.5) is 11.5 Å². The Balaban J connectivity index is 1.14. The van der Waals surface area contributed by atoms with Crippen LogP contribution < -0.4 is 14.5 Å². The Kier molecular flexibility index (Phi) is 6.90. The number of aryl methyl sites for hydroxylation is 1. The summed E-state index contributed by atoms with van der Waals surface area (Å²) in [6, 6.07) is 16.0. The van der Waals surface area contributed by atoms with Gasteiger partial charge in [0.2, 0.25) is 0 Å².